The Morgan fingerprint density at radius 3 is 1.34 bits per heavy atom. The summed E-state index contributed by atoms with van der Waals surface area (Å²) in [5.41, 5.74) is 17.8. The van der Waals surface area contributed by atoms with E-state index in [1.54, 1.807) is 0 Å². The highest BCUT2D eigenvalue weighted by Crippen LogP contribution is 2.45. The number of allylic oxidation sites excluding steroid dienone is 1. The maximum atomic E-state index is 5.38. The molecule has 0 spiro atoms. The zero-order chi connectivity index (χ0) is 53.8. The molecule has 0 fully saturated rings. The standard InChI is InChI=1S/C73H47N9/c1-5-22-46(23-6-1)58-44-59(47-24-7-2-8-25-47)75-72(74-58)82-61-37-18-14-33-53(61)57-43-56-52-32-13-17-36-60(52)80(66(56)45-67(57)82)51-31-21-30-50(42-51)79-62-38-19-15-34-54(62)68-64(79)40-41-65-69(68)55-35-16-20-39-63(55)81(65)73-77-70(48-26-9-3-10-27-48)76-71(78-73)49-28-11-4-12-29-49/h1-19,21-38,40-45H,20,39H2. The second-order valence-corrected chi connectivity index (χ2v) is 21.1. The quantitative estimate of drug-likeness (QED) is 0.151. The van der Waals surface area contributed by atoms with Gasteiger partial charge in [-0.05, 0) is 79.6 Å². The molecule has 0 saturated carbocycles. The average Bonchev–Trinajstić information content (AvgIpc) is 4.48. The molecule has 1 aliphatic carbocycles. The van der Waals surface area contributed by atoms with E-state index in [1.165, 1.54) is 38.2 Å². The summed E-state index contributed by atoms with van der Waals surface area (Å²) >= 11 is 0. The molecule has 0 saturated heterocycles. The first kappa shape index (κ1) is 45.9. The molecule has 0 radical (unpaired) electrons. The highest BCUT2D eigenvalue weighted by atomic mass is 15.2. The first-order chi connectivity index (χ1) is 40.7. The number of rotatable bonds is 8. The number of para-hydroxylation sites is 3. The molecule has 0 unspecified atom stereocenters. The molecule has 384 valence electrons. The molecule has 16 aromatic rings. The lowest BCUT2D eigenvalue weighted by molar-refractivity contribution is 0.838. The topological polar surface area (TPSA) is 84.2 Å². The lowest BCUT2D eigenvalue weighted by Gasteiger charge is -2.14. The van der Waals surface area contributed by atoms with Gasteiger partial charge in [0.2, 0.25) is 11.9 Å². The van der Waals surface area contributed by atoms with Crippen molar-refractivity contribution in [2.45, 2.75) is 12.8 Å². The first-order valence-electron chi connectivity index (χ1n) is 27.9. The van der Waals surface area contributed by atoms with Gasteiger partial charge in [0.1, 0.15) is 0 Å². The zero-order valence-electron chi connectivity index (χ0n) is 44.3. The van der Waals surface area contributed by atoms with Crippen LogP contribution < -0.4 is 0 Å². The number of fused-ring (bicyclic) bond motifs is 13. The van der Waals surface area contributed by atoms with Gasteiger partial charge in [-0.1, -0.05) is 194 Å². The Bertz CT molecular complexity index is 5150. The minimum atomic E-state index is 0.610. The van der Waals surface area contributed by atoms with Crippen LogP contribution in [0, 0.1) is 0 Å². The van der Waals surface area contributed by atoms with E-state index in [-0.39, 0.29) is 0 Å². The Hall–Kier alpha value is -11.0. The Kier molecular flexibility index (Phi) is 10.2. The van der Waals surface area contributed by atoms with Gasteiger partial charge in [0.05, 0.1) is 50.0 Å². The molecule has 10 aromatic carbocycles. The second-order valence-electron chi connectivity index (χ2n) is 21.1. The predicted octanol–water partition coefficient (Wildman–Crippen LogP) is 17.5. The van der Waals surface area contributed by atoms with Crippen molar-refractivity contribution in [2.24, 2.45) is 0 Å². The third-order valence-electron chi connectivity index (χ3n) is 16.5. The van der Waals surface area contributed by atoms with Crippen molar-refractivity contribution in [3.05, 3.63) is 266 Å². The van der Waals surface area contributed by atoms with E-state index in [4.69, 9.17) is 24.9 Å². The van der Waals surface area contributed by atoms with E-state index in [1.807, 2.05) is 48.5 Å². The summed E-state index contributed by atoms with van der Waals surface area (Å²) in [7, 11) is 0. The third kappa shape index (κ3) is 7.09. The summed E-state index contributed by atoms with van der Waals surface area (Å²) in [6.07, 6.45) is 6.39. The maximum Gasteiger partial charge on any atom is 0.238 e. The Morgan fingerprint density at radius 2 is 0.756 bits per heavy atom. The smallest absolute Gasteiger partial charge is 0.238 e. The molecule has 6 aromatic heterocycles. The SMILES string of the molecule is C1=Cc2c(n(-c3nc(-c4ccccc4)nc(-c4ccccc4)n3)c3ccc4c(c5ccccc5n4-c4cccc(-n5c6ccccc6c6cc7c8ccccc8n(-c8nc(-c9ccccc9)cc(-c9ccccc9)n8)c7cc65)c4)c23)CC1. The van der Waals surface area contributed by atoms with Crippen LogP contribution in [0.25, 0.3) is 151 Å². The van der Waals surface area contributed by atoms with Gasteiger partial charge in [-0.15, -0.1) is 0 Å². The number of benzene rings is 10. The van der Waals surface area contributed by atoms with Gasteiger partial charge < -0.3 is 9.13 Å². The summed E-state index contributed by atoms with van der Waals surface area (Å²) in [4.78, 5) is 26.4. The molecule has 6 heterocycles. The lowest BCUT2D eigenvalue weighted by Crippen LogP contribution is -2.10. The highest BCUT2D eigenvalue weighted by molar-refractivity contribution is 6.24. The van der Waals surface area contributed by atoms with Crippen LogP contribution in [0.1, 0.15) is 17.7 Å². The summed E-state index contributed by atoms with van der Waals surface area (Å²) in [5.74, 6) is 2.50. The van der Waals surface area contributed by atoms with Crippen molar-refractivity contribution >= 4 is 82.4 Å². The Balaban J connectivity index is 0.878. The van der Waals surface area contributed by atoms with Crippen molar-refractivity contribution in [1.82, 2.24) is 43.2 Å². The van der Waals surface area contributed by atoms with Gasteiger partial charge >= 0.3 is 0 Å². The van der Waals surface area contributed by atoms with Crippen molar-refractivity contribution in [1.29, 1.82) is 0 Å². The van der Waals surface area contributed by atoms with Gasteiger partial charge in [-0.2, -0.15) is 9.97 Å². The fourth-order valence-corrected chi connectivity index (χ4v) is 12.9. The fraction of sp³-hybridized carbons (Fsp3) is 0.0274. The molecule has 82 heavy (non-hydrogen) atoms. The molecule has 0 N–H and O–H groups in total. The van der Waals surface area contributed by atoms with E-state index in [2.05, 4.69) is 231 Å². The van der Waals surface area contributed by atoms with Crippen molar-refractivity contribution < 1.29 is 0 Å². The van der Waals surface area contributed by atoms with Gasteiger partial charge in [0, 0.05) is 82.6 Å². The third-order valence-corrected chi connectivity index (χ3v) is 16.5. The molecular formula is C73H47N9. The molecule has 0 atom stereocenters. The van der Waals surface area contributed by atoms with Crippen LogP contribution in [0.2, 0.25) is 0 Å². The maximum absolute atomic E-state index is 5.38. The zero-order valence-corrected chi connectivity index (χ0v) is 44.3. The average molecular weight is 1050 g/mol. The number of aromatic nitrogens is 9. The van der Waals surface area contributed by atoms with Crippen LogP contribution >= 0.6 is 0 Å². The molecular weight excluding hydrogens is 1000 g/mol. The van der Waals surface area contributed by atoms with Crippen molar-refractivity contribution in [2.75, 3.05) is 0 Å². The molecule has 1 aliphatic rings. The van der Waals surface area contributed by atoms with Crippen LogP contribution in [0.4, 0.5) is 0 Å². The minimum Gasteiger partial charge on any atom is -0.309 e. The summed E-state index contributed by atoms with van der Waals surface area (Å²) in [6.45, 7) is 0. The van der Waals surface area contributed by atoms with E-state index in [9.17, 15) is 0 Å². The number of hydrogen-bond acceptors (Lipinski definition) is 5. The van der Waals surface area contributed by atoms with E-state index < -0.39 is 0 Å². The second kappa shape index (κ2) is 18.3. The van der Waals surface area contributed by atoms with Crippen molar-refractivity contribution in [3.63, 3.8) is 0 Å². The highest BCUT2D eigenvalue weighted by Gasteiger charge is 2.27. The van der Waals surface area contributed by atoms with Gasteiger partial charge in [0.25, 0.3) is 0 Å². The van der Waals surface area contributed by atoms with E-state index in [0.29, 0.717) is 23.5 Å². The van der Waals surface area contributed by atoms with E-state index >= 15 is 0 Å². The molecule has 0 aliphatic heterocycles. The van der Waals surface area contributed by atoms with E-state index in [0.717, 1.165) is 107 Å². The largest absolute Gasteiger partial charge is 0.309 e. The number of hydrogen-bond donors (Lipinski definition) is 0. The Labute approximate surface area is 470 Å². The molecule has 9 nitrogen and oxygen atoms in total. The first-order valence-corrected chi connectivity index (χ1v) is 27.9. The molecule has 0 bridgehead atoms. The summed E-state index contributed by atoms with van der Waals surface area (Å²) in [5, 5.41) is 8.20. The molecule has 9 heteroatoms. The predicted molar refractivity (Wildman–Crippen MR) is 334 cm³/mol. The lowest BCUT2D eigenvalue weighted by atomic mass is 9.99. The van der Waals surface area contributed by atoms with Gasteiger partial charge in [0.15, 0.2) is 11.6 Å². The fourth-order valence-electron chi connectivity index (χ4n) is 12.9. The van der Waals surface area contributed by atoms with Gasteiger partial charge in [-0.25, -0.2) is 15.0 Å². The van der Waals surface area contributed by atoms with Crippen LogP contribution in [-0.2, 0) is 6.42 Å². The minimum absolute atomic E-state index is 0.610. The van der Waals surface area contributed by atoms with Crippen LogP contribution in [-0.4, -0.2) is 43.2 Å². The molecule has 17 rings (SSSR count). The molecule has 0 amide bonds. The van der Waals surface area contributed by atoms with Crippen molar-refractivity contribution in [3.8, 4) is 68.6 Å². The summed E-state index contributed by atoms with van der Waals surface area (Å²) < 4.78 is 9.43. The van der Waals surface area contributed by atoms with Crippen LogP contribution in [0.15, 0.2) is 255 Å². The Morgan fingerprint density at radius 1 is 0.293 bits per heavy atom. The number of nitrogens with zero attached hydrogens (tertiary/aromatic N) is 9. The normalized spacial score (nSPS) is 12.5. The van der Waals surface area contributed by atoms with Crippen LogP contribution in [0.5, 0.6) is 0 Å². The monoisotopic (exact) mass is 1050 g/mol. The van der Waals surface area contributed by atoms with Gasteiger partial charge in [-0.3, -0.25) is 9.13 Å². The van der Waals surface area contributed by atoms with Crippen LogP contribution in [0.3, 0.4) is 0 Å². The summed E-state index contributed by atoms with van der Waals surface area (Å²) in [6, 6.07) is 88.0.